The number of ketones is 1. The molecule has 1 unspecified atom stereocenters. The van der Waals surface area contributed by atoms with Crippen LogP contribution in [0.2, 0.25) is 0 Å². The van der Waals surface area contributed by atoms with Crippen LogP contribution in [0.3, 0.4) is 0 Å². The van der Waals surface area contributed by atoms with E-state index >= 15 is 0 Å². The molecule has 4 nitrogen and oxygen atoms in total. The minimum absolute atomic E-state index is 0.0222. The second-order valence-corrected chi connectivity index (χ2v) is 6.58. The van der Waals surface area contributed by atoms with Gasteiger partial charge in [-0.3, -0.25) is 9.59 Å². The average Bonchev–Trinajstić information content (AvgIpc) is 2.45. The van der Waals surface area contributed by atoms with E-state index in [9.17, 15) is 9.59 Å². The maximum absolute atomic E-state index is 11.5. The fraction of sp³-hybridized carbons (Fsp3) is 0.875. The van der Waals surface area contributed by atoms with Crippen molar-refractivity contribution >= 4 is 23.5 Å². The lowest BCUT2D eigenvalue weighted by atomic mass is 10.1. The Morgan fingerprint density at radius 3 is 2.43 bits per heavy atom. The number of carbonyl (C=O) groups is 2. The average molecular weight is 317 g/mol. The number of thioether (sulfide) groups is 1. The summed E-state index contributed by atoms with van der Waals surface area (Å²) in [6.07, 6.45) is 8.29. The van der Waals surface area contributed by atoms with Crippen molar-refractivity contribution in [1.82, 2.24) is 0 Å². The number of ether oxygens (including phenoxy) is 1. The molecule has 0 aliphatic carbocycles. The van der Waals surface area contributed by atoms with Gasteiger partial charge in [0.15, 0.2) is 0 Å². The minimum Gasteiger partial charge on any atom is -0.466 e. The Kier molecular flexibility index (Phi) is 14.0. The molecule has 0 rings (SSSR count). The summed E-state index contributed by atoms with van der Waals surface area (Å²) in [7, 11) is 0. The molecule has 0 radical (unpaired) electrons. The molecule has 124 valence electrons. The Balaban J connectivity index is 3.29. The quantitative estimate of drug-likeness (QED) is 0.393. The topological polar surface area (TPSA) is 69.4 Å². The van der Waals surface area contributed by atoms with Crippen LogP contribution in [0.1, 0.15) is 65.2 Å². The molecule has 0 aromatic rings. The van der Waals surface area contributed by atoms with E-state index in [-0.39, 0.29) is 17.8 Å². The second-order valence-electron chi connectivity index (χ2n) is 5.36. The lowest BCUT2D eigenvalue weighted by Crippen LogP contribution is -2.28. The second kappa shape index (κ2) is 14.4. The summed E-state index contributed by atoms with van der Waals surface area (Å²) < 4.78 is 5.18. The van der Waals surface area contributed by atoms with Crippen molar-refractivity contribution < 1.29 is 14.3 Å². The maximum atomic E-state index is 11.5. The van der Waals surface area contributed by atoms with Crippen LogP contribution in [-0.4, -0.2) is 35.9 Å². The molecular formula is C16H31NO3S. The first kappa shape index (κ1) is 20.5. The highest BCUT2D eigenvalue weighted by Gasteiger charge is 2.08. The third-order valence-corrected chi connectivity index (χ3v) is 4.32. The molecule has 0 spiro atoms. The van der Waals surface area contributed by atoms with Gasteiger partial charge in [-0.25, -0.2) is 0 Å². The van der Waals surface area contributed by atoms with Gasteiger partial charge in [-0.05, 0) is 25.5 Å². The summed E-state index contributed by atoms with van der Waals surface area (Å²) >= 11 is 1.65. The van der Waals surface area contributed by atoms with Gasteiger partial charge in [-0.15, -0.1) is 0 Å². The molecule has 0 amide bonds. The highest BCUT2D eigenvalue weighted by atomic mass is 32.2. The standard InChI is InChI=1S/C16H31NO3S/c1-3-4-5-6-7-8-11-20-16(19)10-13-21-12-9-15(17)14(2)18/h15H,3-13,17H2,1-2H3. The summed E-state index contributed by atoms with van der Waals surface area (Å²) in [4.78, 5) is 22.4. The molecule has 0 saturated heterocycles. The number of unbranched alkanes of at least 4 members (excludes halogenated alkanes) is 5. The number of nitrogens with two attached hydrogens (primary N) is 1. The third kappa shape index (κ3) is 14.2. The molecule has 0 saturated carbocycles. The first-order valence-corrected chi connectivity index (χ1v) is 9.22. The molecular weight excluding hydrogens is 286 g/mol. The third-order valence-electron chi connectivity index (χ3n) is 3.31. The minimum atomic E-state index is -0.364. The van der Waals surface area contributed by atoms with Crippen LogP contribution >= 0.6 is 11.8 Å². The highest BCUT2D eigenvalue weighted by molar-refractivity contribution is 7.99. The molecule has 0 aliphatic heterocycles. The van der Waals surface area contributed by atoms with Crippen molar-refractivity contribution in [3.8, 4) is 0 Å². The van der Waals surface area contributed by atoms with Gasteiger partial charge < -0.3 is 10.5 Å². The Hall–Kier alpha value is -0.550. The SMILES string of the molecule is CCCCCCCCOC(=O)CCSCCC(N)C(C)=O. The normalized spacial score (nSPS) is 12.1. The van der Waals surface area contributed by atoms with Crippen LogP contribution in [0.5, 0.6) is 0 Å². The number of carbonyl (C=O) groups excluding carboxylic acids is 2. The summed E-state index contributed by atoms with van der Waals surface area (Å²) in [5, 5.41) is 0. The fourth-order valence-corrected chi connectivity index (χ4v) is 2.75. The summed E-state index contributed by atoms with van der Waals surface area (Å²) in [5.74, 6) is 1.45. The molecule has 2 N–H and O–H groups in total. The van der Waals surface area contributed by atoms with E-state index < -0.39 is 0 Å². The smallest absolute Gasteiger partial charge is 0.306 e. The predicted octanol–water partition coefficient (Wildman–Crippen LogP) is 3.32. The van der Waals surface area contributed by atoms with Gasteiger partial charge in [0.2, 0.25) is 0 Å². The Bertz CT molecular complexity index is 285. The van der Waals surface area contributed by atoms with Crippen LogP contribution in [-0.2, 0) is 14.3 Å². The zero-order valence-corrected chi connectivity index (χ0v) is 14.4. The van der Waals surface area contributed by atoms with E-state index in [4.69, 9.17) is 10.5 Å². The summed E-state index contributed by atoms with van der Waals surface area (Å²) in [6.45, 7) is 4.26. The zero-order chi connectivity index (χ0) is 15.9. The van der Waals surface area contributed by atoms with Gasteiger partial charge in [0, 0.05) is 5.75 Å². The fourth-order valence-electron chi connectivity index (χ4n) is 1.81. The van der Waals surface area contributed by atoms with Gasteiger partial charge in [0.05, 0.1) is 19.1 Å². The Labute approximate surface area is 133 Å². The van der Waals surface area contributed by atoms with Crippen molar-refractivity contribution in [1.29, 1.82) is 0 Å². The highest BCUT2D eigenvalue weighted by Crippen LogP contribution is 2.08. The molecule has 5 heteroatoms. The van der Waals surface area contributed by atoms with Gasteiger partial charge in [-0.2, -0.15) is 11.8 Å². The van der Waals surface area contributed by atoms with Crippen LogP contribution < -0.4 is 5.73 Å². The monoisotopic (exact) mass is 317 g/mol. The molecule has 0 aromatic heterocycles. The number of hydrogen-bond acceptors (Lipinski definition) is 5. The van der Waals surface area contributed by atoms with E-state index in [0.29, 0.717) is 19.4 Å². The zero-order valence-electron chi connectivity index (χ0n) is 13.6. The van der Waals surface area contributed by atoms with Crippen molar-refractivity contribution in [2.75, 3.05) is 18.1 Å². The van der Waals surface area contributed by atoms with E-state index in [1.165, 1.54) is 32.6 Å². The summed E-state index contributed by atoms with van der Waals surface area (Å²) in [6, 6.07) is -0.364. The first-order valence-electron chi connectivity index (χ1n) is 8.07. The van der Waals surface area contributed by atoms with E-state index in [0.717, 1.165) is 24.3 Å². The largest absolute Gasteiger partial charge is 0.466 e. The molecule has 0 bridgehead atoms. The van der Waals surface area contributed by atoms with Crippen LogP contribution in [0.4, 0.5) is 0 Å². The maximum Gasteiger partial charge on any atom is 0.306 e. The van der Waals surface area contributed by atoms with E-state index in [1.807, 2.05) is 0 Å². The number of Topliss-reactive ketones (excluding diaryl/α,β-unsaturated/α-hetero) is 1. The van der Waals surface area contributed by atoms with Crippen molar-refractivity contribution in [3.63, 3.8) is 0 Å². The van der Waals surface area contributed by atoms with Crippen molar-refractivity contribution in [3.05, 3.63) is 0 Å². The lowest BCUT2D eigenvalue weighted by molar-refractivity contribution is -0.143. The predicted molar refractivity (Wildman–Crippen MR) is 89.6 cm³/mol. The van der Waals surface area contributed by atoms with Crippen molar-refractivity contribution in [2.24, 2.45) is 5.73 Å². The Morgan fingerprint density at radius 2 is 1.76 bits per heavy atom. The molecule has 0 fully saturated rings. The van der Waals surface area contributed by atoms with Gasteiger partial charge in [0.25, 0.3) is 0 Å². The van der Waals surface area contributed by atoms with Crippen LogP contribution in [0.25, 0.3) is 0 Å². The van der Waals surface area contributed by atoms with Gasteiger partial charge in [0.1, 0.15) is 5.78 Å². The molecule has 0 aromatic carbocycles. The van der Waals surface area contributed by atoms with Crippen molar-refractivity contribution in [2.45, 2.75) is 71.3 Å². The van der Waals surface area contributed by atoms with E-state index in [1.54, 1.807) is 11.8 Å². The number of esters is 1. The molecule has 21 heavy (non-hydrogen) atoms. The molecule has 0 aliphatic rings. The Morgan fingerprint density at radius 1 is 1.10 bits per heavy atom. The van der Waals surface area contributed by atoms with E-state index in [2.05, 4.69) is 6.92 Å². The summed E-state index contributed by atoms with van der Waals surface area (Å²) in [5.41, 5.74) is 5.63. The molecule has 1 atom stereocenters. The van der Waals surface area contributed by atoms with Crippen LogP contribution in [0, 0.1) is 0 Å². The number of hydrogen-bond donors (Lipinski definition) is 1. The first-order chi connectivity index (χ1) is 10.1. The van der Waals surface area contributed by atoms with Gasteiger partial charge in [-0.1, -0.05) is 39.0 Å². The molecule has 0 heterocycles. The van der Waals surface area contributed by atoms with Gasteiger partial charge >= 0.3 is 5.97 Å². The van der Waals surface area contributed by atoms with Crippen LogP contribution in [0.15, 0.2) is 0 Å². The lowest BCUT2D eigenvalue weighted by Gasteiger charge is -2.07. The number of rotatable bonds is 14.